The second-order valence-corrected chi connectivity index (χ2v) is 2.52. The standard InChI is InChI=1S/C9H7N3O/c13-9-3-5-12(11-7-9)8-2-1-4-10-6-8/h1-7H. The van der Waals surface area contributed by atoms with Crippen molar-refractivity contribution < 1.29 is 0 Å². The minimum Gasteiger partial charge on any atom is -0.288 e. The third kappa shape index (κ3) is 1.61. The third-order valence-corrected chi connectivity index (χ3v) is 1.60. The highest BCUT2D eigenvalue weighted by atomic mass is 16.1. The van der Waals surface area contributed by atoms with Crippen LogP contribution in [0.3, 0.4) is 0 Å². The summed E-state index contributed by atoms with van der Waals surface area (Å²) >= 11 is 0. The van der Waals surface area contributed by atoms with Crippen LogP contribution >= 0.6 is 0 Å². The van der Waals surface area contributed by atoms with Crippen molar-refractivity contribution in [3.05, 3.63) is 53.2 Å². The maximum atomic E-state index is 10.8. The first-order valence-corrected chi connectivity index (χ1v) is 3.82. The van der Waals surface area contributed by atoms with E-state index in [0.29, 0.717) is 0 Å². The molecule has 0 aromatic carbocycles. The summed E-state index contributed by atoms with van der Waals surface area (Å²) in [6, 6.07) is 5.14. The lowest BCUT2D eigenvalue weighted by Gasteiger charge is -2.01. The summed E-state index contributed by atoms with van der Waals surface area (Å²) in [5, 5.41) is 3.91. The molecule has 0 aliphatic rings. The van der Waals surface area contributed by atoms with E-state index in [1.165, 1.54) is 12.3 Å². The van der Waals surface area contributed by atoms with E-state index in [4.69, 9.17) is 0 Å². The van der Waals surface area contributed by atoms with Crippen molar-refractivity contribution in [2.75, 3.05) is 0 Å². The molecule has 0 bridgehead atoms. The summed E-state index contributed by atoms with van der Waals surface area (Å²) < 4.78 is 1.59. The van der Waals surface area contributed by atoms with Crippen LogP contribution in [0.2, 0.25) is 0 Å². The van der Waals surface area contributed by atoms with Gasteiger partial charge in [-0.1, -0.05) is 0 Å². The zero-order valence-corrected chi connectivity index (χ0v) is 6.79. The van der Waals surface area contributed by atoms with Gasteiger partial charge in [0.1, 0.15) is 0 Å². The molecule has 2 aromatic heterocycles. The molecule has 2 heterocycles. The topological polar surface area (TPSA) is 47.8 Å². The largest absolute Gasteiger partial charge is 0.288 e. The molecule has 0 radical (unpaired) electrons. The molecule has 0 saturated heterocycles. The van der Waals surface area contributed by atoms with Gasteiger partial charge in [-0.3, -0.25) is 9.78 Å². The maximum Gasteiger partial charge on any atom is 0.200 e. The second kappa shape index (κ2) is 3.18. The van der Waals surface area contributed by atoms with Gasteiger partial charge in [0.15, 0.2) is 5.43 Å². The fourth-order valence-electron chi connectivity index (χ4n) is 0.987. The van der Waals surface area contributed by atoms with E-state index in [-0.39, 0.29) is 5.43 Å². The second-order valence-electron chi connectivity index (χ2n) is 2.52. The molecule has 0 saturated carbocycles. The SMILES string of the molecule is O=c1ccn(-c2cccnc2)nc1. The maximum absolute atomic E-state index is 10.8. The van der Waals surface area contributed by atoms with Gasteiger partial charge in [0.05, 0.1) is 18.1 Å². The van der Waals surface area contributed by atoms with Crippen molar-refractivity contribution in [2.45, 2.75) is 0 Å². The summed E-state index contributed by atoms with van der Waals surface area (Å²) in [6.07, 6.45) is 6.25. The van der Waals surface area contributed by atoms with Crippen molar-refractivity contribution in [3.63, 3.8) is 0 Å². The molecule has 2 rings (SSSR count). The first-order chi connectivity index (χ1) is 6.36. The molecule has 0 N–H and O–H groups in total. The van der Waals surface area contributed by atoms with Crippen LogP contribution in [0.15, 0.2) is 47.8 Å². The lowest BCUT2D eigenvalue weighted by Crippen LogP contribution is -2.06. The summed E-state index contributed by atoms with van der Waals surface area (Å²) in [5.41, 5.74) is 0.739. The van der Waals surface area contributed by atoms with Crippen molar-refractivity contribution in [3.8, 4) is 5.69 Å². The van der Waals surface area contributed by atoms with Gasteiger partial charge in [-0.25, -0.2) is 4.68 Å². The van der Waals surface area contributed by atoms with Crippen molar-refractivity contribution >= 4 is 0 Å². The molecule has 0 amide bonds. The Balaban J connectivity index is 2.48. The number of nitrogens with zero attached hydrogens (tertiary/aromatic N) is 3. The number of pyridine rings is 1. The van der Waals surface area contributed by atoms with E-state index < -0.39 is 0 Å². The molecule has 0 fully saturated rings. The zero-order chi connectivity index (χ0) is 9.10. The molecule has 4 nitrogen and oxygen atoms in total. The monoisotopic (exact) mass is 173 g/mol. The van der Waals surface area contributed by atoms with Crippen LogP contribution in [0.5, 0.6) is 0 Å². The zero-order valence-electron chi connectivity index (χ0n) is 6.79. The number of aromatic nitrogens is 3. The molecule has 0 atom stereocenters. The molecular weight excluding hydrogens is 166 g/mol. The molecule has 64 valence electrons. The number of hydrogen-bond acceptors (Lipinski definition) is 3. The Morgan fingerprint density at radius 2 is 2.15 bits per heavy atom. The fraction of sp³-hybridized carbons (Fsp3) is 0. The molecule has 4 heteroatoms. The Bertz CT molecular complexity index is 429. The van der Waals surface area contributed by atoms with Crippen molar-refractivity contribution in [1.29, 1.82) is 0 Å². The Morgan fingerprint density at radius 3 is 2.77 bits per heavy atom. The van der Waals surface area contributed by atoms with Gasteiger partial charge in [-0.05, 0) is 12.1 Å². The molecule has 0 spiro atoms. The molecule has 0 aliphatic carbocycles. The average Bonchev–Trinajstić information content (AvgIpc) is 2.20. The van der Waals surface area contributed by atoms with Crippen LogP contribution in [-0.2, 0) is 0 Å². The highest BCUT2D eigenvalue weighted by molar-refractivity contribution is 5.25. The summed E-state index contributed by atoms with van der Waals surface area (Å²) in [6.45, 7) is 0. The van der Waals surface area contributed by atoms with Crippen molar-refractivity contribution in [2.24, 2.45) is 0 Å². The Labute approximate surface area is 74.5 Å². The van der Waals surface area contributed by atoms with Crippen LogP contribution in [0, 0.1) is 0 Å². The summed E-state index contributed by atoms with van der Waals surface area (Å²) in [5.74, 6) is 0. The van der Waals surface area contributed by atoms with Crippen LogP contribution in [0.4, 0.5) is 0 Å². The molecule has 0 unspecified atom stereocenters. The van der Waals surface area contributed by atoms with E-state index in [2.05, 4.69) is 10.1 Å². The van der Waals surface area contributed by atoms with Gasteiger partial charge in [0, 0.05) is 18.5 Å². The first-order valence-electron chi connectivity index (χ1n) is 3.82. The Kier molecular flexibility index (Phi) is 1.88. The van der Waals surface area contributed by atoms with Crippen LogP contribution < -0.4 is 5.43 Å². The van der Waals surface area contributed by atoms with E-state index in [1.807, 2.05) is 12.1 Å². The van der Waals surface area contributed by atoms with Crippen molar-refractivity contribution in [1.82, 2.24) is 14.8 Å². The molecule has 0 aliphatic heterocycles. The van der Waals surface area contributed by atoms with Crippen LogP contribution in [0.25, 0.3) is 5.69 Å². The smallest absolute Gasteiger partial charge is 0.200 e. The lowest BCUT2D eigenvalue weighted by molar-refractivity contribution is 0.831. The lowest BCUT2D eigenvalue weighted by atomic mass is 10.4. The van der Waals surface area contributed by atoms with Gasteiger partial charge in [0.25, 0.3) is 0 Å². The minimum absolute atomic E-state index is 0.0971. The molecule has 13 heavy (non-hydrogen) atoms. The van der Waals surface area contributed by atoms with E-state index in [9.17, 15) is 4.79 Å². The van der Waals surface area contributed by atoms with Crippen LogP contribution in [0.1, 0.15) is 0 Å². The third-order valence-electron chi connectivity index (χ3n) is 1.60. The average molecular weight is 173 g/mol. The van der Waals surface area contributed by atoms with E-state index >= 15 is 0 Å². The van der Waals surface area contributed by atoms with Gasteiger partial charge in [-0.2, -0.15) is 5.10 Å². The fourth-order valence-corrected chi connectivity index (χ4v) is 0.987. The number of rotatable bonds is 1. The molecular formula is C9H7N3O. The van der Waals surface area contributed by atoms with Gasteiger partial charge < -0.3 is 0 Å². The Morgan fingerprint density at radius 1 is 1.23 bits per heavy atom. The number of hydrogen-bond donors (Lipinski definition) is 0. The summed E-state index contributed by atoms with van der Waals surface area (Å²) in [4.78, 5) is 14.7. The highest BCUT2D eigenvalue weighted by Crippen LogP contribution is 1.99. The normalized spacial score (nSPS) is 9.85. The molecule has 2 aromatic rings. The first kappa shape index (κ1) is 7.67. The van der Waals surface area contributed by atoms with E-state index in [0.717, 1.165) is 5.69 Å². The van der Waals surface area contributed by atoms with E-state index in [1.54, 1.807) is 23.3 Å². The van der Waals surface area contributed by atoms with Crippen LogP contribution in [-0.4, -0.2) is 14.8 Å². The van der Waals surface area contributed by atoms with Gasteiger partial charge in [-0.15, -0.1) is 0 Å². The predicted octanol–water partition coefficient (Wildman–Crippen LogP) is 0.627. The summed E-state index contributed by atoms with van der Waals surface area (Å²) in [7, 11) is 0. The Hall–Kier alpha value is -1.97. The predicted molar refractivity (Wildman–Crippen MR) is 47.6 cm³/mol. The van der Waals surface area contributed by atoms with Gasteiger partial charge in [0.2, 0.25) is 0 Å². The van der Waals surface area contributed by atoms with Gasteiger partial charge >= 0.3 is 0 Å². The quantitative estimate of drug-likeness (QED) is 0.635. The minimum atomic E-state index is -0.0971. The highest BCUT2D eigenvalue weighted by Gasteiger charge is 1.92.